The highest BCUT2D eigenvalue weighted by molar-refractivity contribution is 5.26. The van der Waals surface area contributed by atoms with Crippen LogP contribution in [-0.4, -0.2) is 4.98 Å². The van der Waals surface area contributed by atoms with E-state index in [1.165, 1.54) is 0 Å². The molecule has 1 rings (SSSR count). The first-order valence-electron chi connectivity index (χ1n) is 4.13. The Balaban J connectivity index is 3.24. The normalized spacial score (nSPS) is 10.4. The molecule has 0 saturated heterocycles. The van der Waals surface area contributed by atoms with E-state index in [-0.39, 0.29) is 24.4 Å². The molecule has 1 heterocycles. The van der Waals surface area contributed by atoms with Crippen molar-refractivity contribution in [3.8, 4) is 6.07 Å². The van der Waals surface area contributed by atoms with Gasteiger partial charge >= 0.3 is 0 Å². The van der Waals surface area contributed by atoms with Gasteiger partial charge < -0.3 is 5.73 Å². The molecule has 80 valence electrons. The number of alkyl halides is 2. The summed E-state index contributed by atoms with van der Waals surface area (Å²) in [5, 5.41) is 8.35. The van der Waals surface area contributed by atoms with Crippen LogP contribution < -0.4 is 5.73 Å². The molecule has 2 N–H and O–H groups in total. The highest BCUT2D eigenvalue weighted by Gasteiger charge is 2.17. The largest absolute Gasteiger partial charge is 0.325 e. The van der Waals surface area contributed by atoms with Crippen molar-refractivity contribution in [3.63, 3.8) is 0 Å². The second-order valence-electron chi connectivity index (χ2n) is 2.79. The van der Waals surface area contributed by atoms with Gasteiger partial charge in [0, 0.05) is 12.1 Å². The zero-order valence-electron chi connectivity index (χ0n) is 7.67. The molecule has 0 bridgehead atoms. The van der Waals surface area contributed by atoms with Crippen molar-refractivity contribution in [1.29, 1.82) is 5.26 Å². The SMILES string of the molecule is N#CCc1nc(CN)c(C(F)F)cc1F. The summed E-state index contributed by atoms with van der Waals surface area (Å²) in [6, 6.07) is 2.38. The Labute approximate surface area is 84.3 Å². The number of rotatable bonds is 3. The Bertz CT molecular complexity index is 398. The van der Waals surface area contributed by atoms with Crippen molar-refractivity contribution >= 4 is 0 Å². The van der Waals surface area contributed by atoms with Gasteiger partial charge in [-0.3, -0.25) is 4.98 Å². The van der Waals surface area contributed by atoms with Crippen molar-refractivity contribution in [1.82, 2.24) is 4.98 Å². The number of nitrogens with two attached hydrogens (primary N) is 1. The van der Waals surface area contributed by atoms with Gasteiger partial charge in [0.25, 0.3) is 6.43 Å². The van der Waals surface area contributed by atoms with E-state index in [0.29, 0.717) is 6.07 Å². The van der Waals surface area contributed by atoms with Gasteiger partial charge in [0.15, 0.2) is 0 Å². The lowest BCUT2D eigenvalue weighted by Gasteiger charge is -2.08. The third-order valence-electron chi connectivity index (χ3n) is 1.84. The van der Waals surface area contributed by atoms with Crippen LogP contribution in [0.5, 0.6) is 0 Å². The van der Waals surface area contributed by atoms with E-state index >= 15 is 0 Å². The minimum absolute atomic E-state index is 0.0725. The molecule has 0 fully saturated rings. The average molecular weight is 215 g/mol. The number of nitriles is 1. The molecule has 1 aromatic rings. The number of hydrogen-bond donors (Lipinski definition) is 1. The molecule has 15 heavy (non-hydrogen) atoms. The first-order chi connectivity index (χ1) is 7.10. The predicted octanol–water partition coefficient (Wildman–Crippen LogP) is 1.68. The van der Waals surface area contributed by atoms with E-state index in [1.54, 1.807) is 6.07 Å². The summed E-state index contributed by atoms with van der Waals surface area (Å²) in [4.78, 5) is 3.60. The summed E-state index contributed by atoms with van der Waals surface area (Å²) in [5.74, 6) is -0.899. The number of halogens is 3. The lowest BCUT2D eigenvalue weighted by molar-refractivity contribution is 0.149. The second kappa shape index (κ2) is 4.75. The fraction of sp³-hybridized carbons (Fsp3) is 0.333. The standard InChI is InChI=1S/C9H8F3N3/c10-6-3-5(9(11)12)8(4-14)15-7(6)1-2-13/h3,9H,1,4,14H2. The first kappa shape index (κ1) is 11.5. The monoisotopic (exact) mass is 215 g/mol. The van der Waals surface area contributed by atoms with Crippen LogP contribution in [0.3, 0.4) is 0 Å². The zero-order chi connectivity index (χ0) is 11.4. The van der Waals surface area contributed by atoms with Crippen LogP contribution in [0.1, 0.15) is 23.4 Å². The molecule has 3 nitrogen and oxygen atoms in total. The van der Waals surface area contributed by atoms with Crippen molar-refractivity contribution in [2.75, 3.05) is 0 Å². The van der Waals surface area contributed by atoms with Gasteiger partial charge in [0.05, 0.1) is 23.9 Å². The Morgan fingerprint density at radius 2 is 2.13 bits per heavy atom. The fourth-order valence-corrected chi connectivity index (χ4v) is 1.14. The molecule has 0 atom stereocenters. The van der Waals surface area contributed by atoms with Crippen LogP contribution in [0.2, 0.25) is 0 Å². The average Bonchev–Trinajstić information content (AvgIpc) is 2.20. The number of pyridine rings is 1. The molecule has 0 unspecified atom stereocenters. The maximum atomic E-state index is 13.1. The molecular formula is C9H8F3N3. The minimum atomic E-state index is -2.82. The molecule has 0 aromatic carbocycles. The Hall–Kier alpha value is -1.61. The van der Waals surface area contributed by atoms with Gasteiger partial charge in [-0.2, -0.15) is 5.26 Å². The first-order valence-corrected chi connectivity index (χ1v) is 4.13. The van der Waals surface area contributed by atoms with E-state index in [0.717, 1.165) is 0 Å². The molecule has 0 aliphatic heterocycles. The summed E-state index contributed by atoms with van der Waals surface area (Å²) in [6.45, 7) is -0.210. The van der Waals surface area contributed by atoms with E-state index in [2.05, 4.69) is 4.98 Å². The van der Waals surface area contributed by atoms with Gasteiger partial charge in [-0.25, -0.2) is 13.2 Å². The van der Waals surface area contributed by atoms with E-state index in [1.807, 2.05) is 0 Å². The summed E-state index contributed by atoms with van der Waals surface area (Å²) in [6.07, 6.45) is -3.08. The maximum absolute atomic E-state index is 13.1. The number of nitrogens with zero attached hydrogens (tertiary/aromatic N) is 2. The van der Waals surface area contributed by atoms with Gasteiger partial charge in [-0.15, -0.1) is 0 Å². The van der Waals surface area contributed by atoms with Crippen LogP contribution >= 0.6 is 0 Å². The smallest absolute Gasteiger partial charge is 0.265 e. The van der Waals surface area contributed by atoms with Crippen molar-refractivity contribution in [3.05, 3.63) is 28.8 Å². The maximum Gasteiger partial charge on any atom is 0.265 e. The van der Waals surface area contributed by atoms with Crippen LogP contribution in [0, 0.1) is 17.1 Å². The molecule has 0 radical (unpaired) electrons. The summed E-state index contributed by atoms with van der Waals surface area (Å²) >= 11 is 0. The Kier molecular flexibility index (Phi) is 3.63. The number of hydrogen-bond acceptors (Lipinski definition) is 3. The highest BCUT2D eigenvalue weighted by Crippen LogP contribution is 2.23. The Morgan fingerprint density at radius 3 is 2.60 bits per heavy atom. The third-order valence-corrected chi connectivity index (χ3v) is 1.84. The van der Waals surface area contributed by atoms with Gasteiger partial charge in [0.2, 0.25) is 0 Å². The van der Waals surface area contributed by atoms with Crippen molar-refractivity contribution in [2.45, 2.75) is 19.4 Å². The summed E-state index contributed by atoms with van der Waals surface area (Å²) in [5.41, 5.74) is 4.46. The molecule has 0 aliphatic carbocycles. The molecule has 0 spiro atoms. The van der Waals surface area contributed by atoms with Crippen molar-refractivity contribution in [2.24, 2.45) is 5.73 Å². The molecule has 0 amide bonds. The number of aromatic nitrogens is 1. The van der Waals surface area contributed by atoms with E-state index < -0.39 is 17.8 Å². The van der Waals surface area contributed by atoms with Crippen LogP contribution in [0.15, 0.2) is 6.07 Å². The van der Waals surface area contributed by atoms with Crippen LogP contribution in [0.4, 0.5) is 13.2 Å². The van der Waals surface area contributed by atoms with Gasteiger partial charge in [0.1, 0.15) is 5.82 Å². The summed E-state index contributed by atoms with van der Waals surface area (Å²) < 4.78 is 37.9. The molecule has 0 aliphatic rings. The highest BCUT2D eigenvalue weighted by atomic mass is 19.3. The quantitative estimate of drug-likeness (QED) is 0.834. The lowest BCUT2D eigenvalue weighted by atomic mass is 10.1. The van der Waals surface area contributed by atoms with E-state index in [9.17, 15) is 13.2 Å². The van der Waals surface area contributed by atoms with Crippen LogP contribution in [0.25, 0.3) is 0 Å². The van der Waals surface area contributed by atoms with E-state index in [4.69, 9.17) is 11.0 Å². The predicted molar refractivity (Wildman–Crippen MR) is 46.4 cm³/mol. The lowest BCUT2D eigenvalue weighted by Crippen LogP contribution is -2.09. The molecule has 6 heteroatoms. The minimum Gasteiger partial charge on any atom is -0.325 e. The molecule has 0 saturated carbocycles. The topological polar surface area (TPSA) is 62.7 Å². The molecule has 1 aromatic heterocycles. The zero-order valence-corrected chi connectivity index (χ0v) is 7.67. The third kappa shape index (κ3) is 2.44. The Morgan fingerprint density at radius 1 is 1.47 bits per heavy atom. The summed E-state index contributed by atoms with van der Waals surface area (Å²) in [7, 11) is 0. The van der Waals surface area contributed by atoms with Gasteiger partial charge in [-0.05, 0) is 6.07 Å². The molecular weight excluding hydrogens is 207 g/mol. The second-order valence-corrected chi connectivity index (χ2v) is 2.79. The fourth-order valence-electron chi connectivity index (χ4n) is 1.14. The van der Waals surface area contributed by atoms with Gasteiger partial charge in [-0.1, -0.05) is 0 Å². The van der Waals surface area contributed by atoms with Crippen molar-refractivity contribution < 1.29 is 13.2 Å². The van der Waals surface area contributed by atoms with Crippen LogP contribution in [-0.2, 0) is 13.0 Å².